The smallest absolute Gasteiger partial charge is 0.170 e. The molecule has 0 unspecified atom stereocenters. The van der Waals surface area contributed by atoms with Crippen LogP contribution < -0.4 is 0 Å². The number of hydrogen-bond donors (Lipinski definition) is 0. The molecule has 2 aliphatic heterocycles. The second kappa shape index (κ2) is 2.95. The minimum atomic E-state index is -0.157. The summed E-state index contributed by atoms with van der Waals surface area (Å²) in [6.45, 7) is 1.04. The molecule has 3 rings (SSSR count). The van der Waals surface area contributed by atoms with Crippen LogP contribution in [0.2, 0.25) is 0 Å². The second-order valence-electron chi connectivity index (χ2n) is 4.82. The lowest BCUT2D eigenvalue weighted by Crippen LogP contribution is -2.47. The Kier molecular flexibility index (Phi) is 1.83. The van der Waals surface area contributed by atoms with Crippen molar-refractivity contribution < 1.29 is 4.84 Å². The topological polar surface area (TPSA) is 36.3 Å². The summed E-state index contributed by atoms with van der Waals surface area (Å²) in [7, 11) is 0. The van der Waals surface area contributed by atoms with Crippen molar-refractivity contribution in [3.8, 4) is 6.07 Å². The van der Waals surface area contributed by atoms with Crippen molar-refractivity contribution in [3.05, 3.63) is 0 Å². The van der Waals surface area contributed by atoms with Crippen LogP contribution >= 0.6 is 0 Å². The largest absolute Gasteiger partial charge is 0.280 e. The molecule has 1 spiro atoms. The molecule has 3 heteroatoms. The van der Waals surface area contributed by atoms with Gasteiger partial charge in [0.05, 0.1) is 11.6 Å². The summed E-state index contributed by atoms with van der Waals surface area (Å²) in [6, 6.07) is 2.32. The van der Waals surface area contributed by atoms with Crippen LogP contribution in [-0.2, 0) is 4.84 Å². The maximum Gasteiger partial charge on any atom is 0.170 e. The summed E-state index contributed by atoms with van der Waals surface area (Å²) in [4.78, 5) is 5.74. The van der Waals surface area contributed by atoms with E-state index >= 15 is 0 Å². The van der Waals surface area contributed by atoms with Gasteiger partial charge in [0, 0.05) is 12.5 Å². The normalized spacial score (nSPS) is 47.1. The van der Waals surface area contributed by atoms with Gasteiger partial charge in [-0.2, -0.15) is 10.3 Å². The van der Waals surface area contributed by atoms with E-state index in [9.17, 15) is 0 Å². The zero-order valence-electron chi connectivity index (χ0n) is 8.41. The van der Waals surface area contributed by atoms with E-state index in [4.69, 9.17) is 10.1 Å². The summed E-state index contributed by atoms with van der Waals surface area (Å²) in [5.41, 5.74) is 0.263. The third kappa shape index (κ3) is 0.933. The van der Waals surface area contributed by atoms with Crippen LogP contribution in [0.4, 0.5) is 0 Å². The minimum Gasteiger partial charge on any atom is -0.280 e. The lowest BCUT2D eigenvalue weighted by atomic mass is 9.78. The van der Waals surface area contributed by atoms with Gasteiger partial charge < -0.3 is 0 Å². The lowest BCUT2D eigenvalue weighted by Gasteiger charge is -2.39. The zero-order valence-corrected chi connectivity index (χ0v) is 8.41. The Hall–Kier alpha value is -0.590. The Morgan fingerprint density at radius 2 is 2.14 bits per heavy atom. The van der Waals surface area contributed by atoms with Crippen LogP contribution in [0.25, 0.3) is 0 Å². The summed E-state index contributed by atoms with van der Waals surface area (Å²) in [5, 5.41) is 11.2. The van der Waals surface area contributed by atoms with Gasteiger partial charge in [0.25, 0.3) is 0 Å². The molecule has 0 radical (unpaired) electrons. The van der Waals surface area contributed by atoms with Gasteiger partial charge >= 0.3 is 0 Å². The first-order valence-corrected chi connectivity index (χ1v) is 5.71. The number of hydroxylamine groups is 2. The first-order valence-electron chi connectivity index (χ1n) is 5.71. The average Bonchev–Trinajstić information content (AvgIpc) is 2.72. The summed E-state index contributed by atoms with van der Waals surface area (Å²) < 4.78 is 0. The molecule has 3 nitrogen and oxygen atoms in total. The molecule has 3 atom stereocenters. The van der Waals surface area contributed by atoms with Crippen molar-refractivity contribution in [1.29, 1.82) is 5.26 Å². The molecule has 1 saturated carbocycles. The van der Waals surface area contributed by atoms with Crippen LogP contribution in [0.3, 0.4) is 0 Å². The first kappa shape index (κ1) is 8.70. The highest BCUT2D eigenvalue weighted by molar-refractivity contribution is 5.11. The second-order valence-corrected chi connectivity index (χ2v) is 4.82. The Morgan fingerprint density at radius 3 is 3.00 bits per heavy atom. The molecule has 3 aliphatic rings. The van der Waals surface area contributed by atoms with E-state index in [1.54, 1.807) is 0 Å². The van der Waals surface area contributed by atoms with Crippen molar-refractivity contribution in [2.45, 2.75) is 50.2 Å². The van der Waals surface area contributed by atoms with Crippen molar-refractivity contribution in [1.82, 2.24) is 5.06 Å². The number of nitriles is 1. The highest BCUT2D eigenvalue weighted by Gasteiger charge is 2.58. The van der Waals surface area contributed by atoms with Gasteiger partial charge in [0.2, 0.25) is 0 Å². The van der Waals surface area contributed by atoms with E-state index in [2.05, 4.69) is 11.1 Å². The monoisotopic (exact) mass is 192 g/mol. The molecular weight excluding hydrogens is 176 g/mol. The maximum atomic E-state index is 9.06. The maximum absolute atomic E-state index is 9.06. The van der Waals surface area contributed by atoms with Crippen LogP contribution in [0.1, 0.15) is 38.5 Å². The Morgan fingerprint density at radius 1 is 1.29 bits per heavy atom. The van der Waals surface area contributed by atoms with Crippen LogP contribution in [0, 0.1) is 17.2 Å². The molecule has 76 valence electrons. The molecule has 0 aromatic rings. The predicted molar refractivity (Wildman–Crippen MR) is 51.1 cm³/mol. The van der Waals surface area contributed by atoms with Gasteiger partial charge in [-0.25, -0.2) is 0 Å². The molecule has 14 heavy (non-hydrogen) atoms. The van der Waals surface area contributed by atoms with E-state index in [1.807, 2.05) is 0 Å². The molecule has 1 aliphatic carbocycles. The number of hydrogen-bond acceptors (Lipinski definition) is 3. The summed E-state index contributed by atoms with van der Waals surface area (Å²) in [5.74, 6) is 0.493. The van der Waals surface area contributed by atoms with Gasteiger partial charge in [-0.3, -0.25) is 4.84 Å². The molecular formula is C11H16N2O. The number of piperidine rings is 1. The Labute approximate surface area is 84.6 Å². The van der Waals surface area contributed by atoms with Crippen LogP contribution in [-0.4, -0.2) is 23.3 Å². The van der Waals surface area contributed by atoms with E-state index in [0.29, 0.717) is 5.92 Å². The molecule has 0 aromatic heterocycles. The zero-order chi connectivity index (χ0) is 9.60. The number of nitrogens with zero attached hydrogens (tertiary/aromatic N) is 2. The highest BCUT2D eigenvalue weighted by Crippen LogP contribution is 2.52. The lowest BCUT2D eigenvalue weighted by molar-refractivity contribution is -0.190. The Balaban J connectivity index is 1.95. The van der Waals surface area contributed by atoms with Crippen molar-refractivity contribution in [2.24, 2.45) is 5.92 Å². The molecule has 0 N–H and O–H groups in total. The molecule has 0 aromatic carbocycles. The first-order chi connectivity index (χ1) is 6.87. The highest BCUT2D eigenvalue weighted by atomic mass is 16.7. The van der Waals surface area contributed by atoms with E-state index in [-0.39, 0.29) is 11.6 Å². The molecule has 0 amide bonds. The fourth-order valence-electron chi connectivity index (χ4n) is 3.65. The van der Waals surface area contributed by atoms with E-state index < -0.39 is 0 Å². The molecule has 3 fully saturated rings. The third-order valence-corrected chi connectivity index (χ3v) is 4.27. The molecule has 2 heterocycles. The summed E-state index contributed by atoms with van der Waals surface area (Å²) >= 11 is 0. The van der Waals surface area contributed by atoms with Gasteiger partial charge in [0.15, 0.2) is 6.10 Å². The van der Waals surface area contributed by atoms with Gasteiger partial charge in [-0.05, 0) is 25.7 Å². The quantitative estimate of drug-likeness (QED) is 0.587. The van der Waals surface area contributed by atoms with Gasteiger partial charge in [0.1, 0.15) is 0 Å². The van der Waals surface area contributed by atoms with Crippen molar-refractivity contribution in [3.63, 3.8) is 0 Å². The van der Waals surface area contributed by atoms with Crippen LogP contribution in [0.5, 0.6) is 0 Å². The number of rotatable bonds is 0. The standard InChI is InChI=1S/C11H16N2O/c12-8-10-9-4-3-6-11(9)5-1-2-7-13(11)14-10/h9-10H,1-7H2/t9-,10+,11-/m1/s1. The Bertz CT molecular complexity index is 286. The van der Waals surface area contributed by atoms with Crippen LogP contribution in [0.15, 0.2) is 0 Å². The molecule has 2 saturated heterocycles. The van der Waals surface area contributed by atoms with E-state index in [1.165, 1.54) is 38.5 Å². The fourth-order valence-corrected chi connectivity index (χ4v) is 3.65. The SMILES string of the molecule is N#C[C@@H]1ON2CCCC[C@]23CCC[C@H]13. The molecule has 0 bridgehead atoms. The van der Waals surface area contributed by atoms with Gasteiger partial charge in [-0.15, -0.1) is 0 Å². The van der Waals surface area contributed by atoms with E-state index in [0.717, 1.165) is 6.54 Å². The van der Waals surface area contributed by atoms with Crippen molar-refractivity contribution in [2.75, 3.05) is 6.54 Å². The summed E-state index contributed by atoms with van der Waals surface area (Å²) in [6.07, 6.45) is 7.35. The van der Waals surface area contributed by atoms with Gasteiger partial charge in [-0.1, -0.05) is 12.8 Å². The minimum absolute atomic E-state index is 0.157. The fraction of sp³-hybridized carbons (Fsp3) is 0.909. The predicted octanol–water partition coefficient (Wildman–Crippen LogP) is 1.85. The average molecular weight is 192 g/mol. The van der Waals surface area contributed by atoms with Crippen molar-refractivity contribution >= 4 is 0 Å². The third-order valence-electron chi connectivity index (χ3n) is 4.27.